The molecule has 4 heteroatoms. The van der Waals surface area contributed by atoms with Crippen molar-refractivity contribution in [2.45, 2.75) is 6.42 Å². The number of benzene rings is 1. The molecule has 0 saturated heterocycles. The van der Waals surface area contributed by atoms with Crippen LogP contribution in [0, 0.1) is 0 Å². The number of ether oxygens (including phenoxy) is 1. The van der Waals surface area contributed by atoms with Crippen LogP contribution >= 0.6 is 0 Å². The molecule has 0 fully saturated rings. The van der Waals surface area contributed by atoms with E-state index in [9.17, 15) is 4.79 Å². The van der Waals surface area contributed by atoms with Gasteiger partial charge in [-0.05, 0) is 17.2 Å². The third-order valence-electron chi connectivity index (χ3n) is 2.93. The summed E-state index contributed by atoms with van der Waals surface area (Å²) in [4.78, 5) is 11.4. The van der Waals surface area contributed by atoms with Crippen molar-refractivity contribution in [2.75, 3.05) is 7.11 Å². The fourth-order valence-electron chi connectivity index (χ4n) is 2.10. The van der Waals surface area contributed by atoms with Crippen LogP contribution in [-0.2, 0) is 11.2 Å². The summed E-state index contributed by atoms with van der Waals surface area (Å²) in [5.74, 6) is -0.454. The van der Waals surface area contributed by atoms with Gasteiger partial charge in [-0.3, -0.25) is 0 Å². The van der Waals surface area contributed by atoms with E-state index in [0.717, 1.165) is 23.2 Å². The van der Waals surface area contributed by atoms with Gasteiger partial charge in [0.05, 0.1) is 12.8 Å². The van der Waals surface area contributed by atoms with E-state index in [-0.39, 0.29) is 5.69 Å². The van der Waals surface area contributed by atoms with Crippen LogP contribution in [0.25, 0.3) is 11.1 Å². The van der Waals surface area contributed by atoms with Crippen molar-refractivity contribution in [1.82, 2.24) is 10.2 Å². The summed E-state index contributed by atoms with van der Waals surface area (Å²) in [6.45, 7) is 0. The highest BCUT2D eigenvalue weighted by Gasteiger charge is 2.21. The van der Waals surface area contributed by atoms with Gasteiger partial charge in [-0.15, -0.1) is 5.10 Å². The van der Waals surface area contributed by atoms with Crippen LogP contribution in [-0.4, -0.2) is 23.3 Å². The first kappa shape index (κ1) is 9.96. The molecular weight excluding hydrogens is 216 g/mol. The van der Waals surface area contributed by atoms with E-state index in [1.54, 1.807) is 6.07 Å². The Balaban J connectivity index is 2.15. The van der Waals surface area contributed by atoms with Gasteiger partial charge in [-0.2, -0.15) is 5.10 Å². The highest BCUT2D eigenvalue weighted by Crippen LogP contribution is 2.34. The van der Waals surface area contributed by atoms with E-state index >= 15 is 0 Å². The third kappa shape index (κ3) is 1.49. The number of hydrogen-bond acceptors (Lipinski definition) is 4. The van der Waals surface area contributed by atoms with Gasteiger partial charge in [-0.25, -0.2) is 4.79 Å². The molecule has 0 aliphatic heterocycles. The fourth-order valence-corrected chi connectivity index (χ4v) is 2.10. The highest BCUT2D eigenvalue weighted by molar-refractivity contribution is 5.89. The first-order chi connectivity index (χ1) is 8.29. The Morgan fingerprint density at radius 1 is 1.24 bits per heavy atom. The molecule has 4 nitrogen and oxygen atoms in total. The van der Waals surface area contributed by atoms with E-state index in [1.807, 2.05) is 18.2 Å². The number of carbonyl (C=O) groups excluding carboxylic acids is 1. The number of fused-ring (bicyclic) bond motifs is 3. The Bertz CT molecular complexity index is 608. The lowest BCUT2D eigenvalue weighted by Crippen LogP contribution is -2.06. The topological polar surface area (TPSA) is 52.1 Å². The van der Waals surface area contributed by atoms with Crippen molar-refractivity contribution in [3.05, 3.63) is 47.3 Å². The molecule has 0 N–H and O–H groups in total. The summed E-state index contributed by atoms with van der Waals surface area (Å²) in [5, 5.41) is 7.97. The lowest BCUT2D eigenvalue weighted by molar-refractivity contribution is 0.0592. The molecule has 1 heterocycles. The van der Waals surface area contributed by atoms with Gasteiger partial charge >= 0.3 is 5.97 Å². The summed E-state index contributed by atoms with van der Waals surface area (Å²) < 4.78 is 4.64. The summed E-state index contributed by atoms with van der Waals surface area (Å²) >= 11 is 0. The highest BCUT2D eigenvalue weighted by atomic mass is 16.5. The Morgan fingerprint density at radius 2 is 2.06 bits per heavy atom. The minimum Gasteiger partial charge on any atom is -0.464 e. The number of aromatic nitrogens is 2. The van der Waals surface area contributed by atoms with Crippen molar-refractivity contribution < 1.29 is 9.53 Å². The predicted octanol–water partition coefficient (Wildman–Crippen LogP) is 1.83. The molecule has 3 rings (SSSR count). The van der Waals surface area contributed by atoms with Gasteiger partial charge in [0.25, 0.3) is 0 Å². The zero-order chi connectivity index (χ0) is 11.8. The first-order valence-electron chi connectivity index (χ1n) is 5.33. The lowest BCUT2D eigenvalue weighted by atomic mass is 10.1. The largest absolute Gasteiger partial charge is 0.464 e. The molecular formula is C13H10N2O2. The van der Waals surface area contributed by atoms with Gasteiger partial charge in [0.15, 0.2) is 5.69 Å². The fraction of sp³-hybridized carbons (Fsp3) is 0.154. The van der Waals surface area contributed by atoms with E-state index in [4.69, 9.17) is 0 Å². The second-order valence-corrected chi connectivity index (χ2v) is 3.92. The Morgan fingerprint density at radius 3 is 2.88 bits per heavy atom. The number of hydrogen-bond donors (Lipinski definition) is 0. The molecule has 1 aliphatic carbocycles. The smallest absolute Gasteiger partial charge is 0.358 e. The van der Waals surface area contributed by atoms with Gasteiger partial charge < -0.3 is 4.74 Å². The van der Waals surface area contributed by atoms with Crippen molar-refractivity contribution in [2.24, 2.45) is 0 Å². The Kier molecular flexibility index (Phi) is 2.14. The maximum atomic E-state index is 11.4. The maximum Gasteiger partial charge on any atom is 0.358 e. The molecule has 1 aliphatic rings. The van der Waals surface area contributed by atoms with Crippen molar-refractivity contribution >= 4 is 5.97 Å². The number of esters is 1. The number of carbonyl (C=O) groups is 1. The molecule has 0 unspecified atom stereocenters. The second-order valence-electron chi connectivity index (χ2n) is 3.92. The summed E-state index contributed by atoms with van der Waals surface area (Å²) in [7, 11) is 1.34. The van der Waals surface area contributed by atoms with Crippen LogP contribution in [0.5, 0.6) is 0 Å². The van der Waals surface area contributed by atoms with Gasteiger partial charge in [0, 0.05) is 12.0 Å². The van der Waals surface area contributed by atoms with Crippen LogP contribution in [0.2, 0.25) is 0 Å². The van der Waals surface area contributed by atoms with Crippen molar-refractivity contribution in [3.63, 3.8) is 0 Å². The second kappa shape index (κ2) is 3.66. The molecule has 0 amide bonds. The lowest BCUT2D eigenvalue weighted by Gasteiger charge is -2.01. The maximum absolute atomic E-state index is 11.4. The monoisotopic (exact) mass is 226 g/mol. The molecule has 0 spiro atoms. The Labute approximate surface area is 98.3 Å². The van der Waals surface area contributed by atoms with Crippen LogP contribution in [0.3, 0.4) is 0 Å². The molecule has 2 aromatic rings. The van der Waals surface area contributed by atoms with Crippen molar-refractivity contribution in [1.29, 1.82) is 0 Å². The van der Waals surface area contributed by atoms with Gasteiger partial charge in [0.2, 0.25) is 0 Å². The molecule has 17 heavy (non-hydrogen) atoms. The summed E-state index contributed by atoms with van der Waals surface area (Å²) in [6, 6.07) is 9.82. The average Bonchev–Trinajstić information content (AvgIpc) is 2.75. The third-order valence-corrected chi connectivity index (χ3v) is 2.93. The predicted molar refractivity (Wildman–Crippen MR) is 61.6 cm³/mol. The van der Waals surface area contributed by atoms with Gasteiger partial charge in [-0.1, -0.05) is 24.3 Å². The van der Waals surface area contributed by atoms with E-state index < -0.39 is 5.97 Å². The number of methoxy groups -OCH3 is 1. The summed E-state index contributed by atoms with van der Waals surface area (Å²) in [5.41, 5.74) is 4.50. The summed E-state index contributed by atoms with van der Waals surface area (Å²) in [6.07, 6.45) is 0.778. The minimum atomic E-state index is -0.454. The average molecular weight is 226 g/mol. The number of nitrogens with zero attached hydrogens (tertiary/aromatic N) is 2. The standard InChI is InChI=1S/C13H10N2O2/c1-17-13(16)12-7-10-9-5-3-2-4-8(9)6-11(10)14-15-12/h2-5,7H,6H2,1H3. The quantitative estimate of drug-likeness (QED) is 0.594. The molecule has 0 bridgehead atoms. The van der Waals surface area contributed by atoms with E-state index in [1.165, 1.54) is 12.7 Å². The van der Waals surface area contributed by atoms with Crippen LogP contribution in [0.1, 0.15) is 21.7 Å². The zero-order valence-corrected chi connectivity index (χ0v) is 9.30. The molecule has 0 atom stereocenters. The molecule has 1 aromatic heterocycles. The molecule has 1 aromatic carbocycles. The van der Waals surface area contributed by atoms with E-state index in [2.05, 4.69) is 21.0 Å². The van der Waals surface area contributed by atoms with Crippen LogP contribution < -0.4 is 0 Å². The first-order valence-corrected chi connectivity index (χ1v) is 5.33. The molecule has 0 radical (unpaired) electrons. The van der Waals surface area contributed by atoms with Gasteiger partial charge in [0.1, 0.15) is 0 Å². The molecule has 84 valence electrons. The van der Waals surface area contributed by atoms with Crippen LogP contribution in [0.15, 0.2) is 30.3 Å². The Hall–Kier alpha value is -2.23. The van der Waals surface area contributed by atoms with E-state index in [0.29, 0.717) is 0 Å². The minimum absolute atomic E-state index is 0.253. The number of rotatable bonds is 1. The zero-order valence-electron chi connectivity index (χ0n) is 9.30. The SMILES string of the molecule is COC(=O)c1cc2c(nn1)Cc1ccccc1-2. The normalized spacial score (nSPS) is 11.8. The van der Waals surface area contributed by atoms with Crippen molar-refractivity contribution in [3.8, 4) is 11.1 Å². The molecule has 0 saturated carbocycles. The van der Waals surface area contributed by atoms with Crippen LogP contribution in [0.4, 0.5) is 0 Å².